The predicted octanol–water partition coefficient (Wildman–Crippen LogP) is 1.91. The van der Waals surface area contributed by atoms with E-state index in [4.69, 9.17) is 0 Å². The Morgan fingerprint density at radius 2 is 2.00 bits per heavy atom. The third-order valence-corrected chi connectivity index (χ3v) is 1.57. The Labute approximate surface area is 58.4 Å². The van der Waals surface area contributed by atoms with Gasteiger partial charge in [-0.05, 0) is 6.92 Å². The van der Waals surface area contributed by atoms with Crippen LogP contribution in [0.1, 0.15) is 33.6 Å². The molecule has 9 heavy (non-hydrogen) atoms. The molecule has 0 aromatic rings. The van der Waals surface area contributed by atoms with Gasteiger partial charge in [0.25, 0.3) is 0 Å². The first-order valence-electron chi connectivity index (χ1n) is 3.88. The van der Waals surface area contributed by atoms with Gasteiger partial charge >= 0.3 is 0 Å². The number of hydrogen-bond acceptors (Lipinski definition) is 0. The van der Waals surface area contributed by atoms with E-state index in [0.717, 1.165) is 6.54 Å². The molecule has 0 aromatic carbocycles. The first-order valence-corrected chi connectivity index (χ1v) is 3.88. The second kappa shape index (κ2) is 5.80. The van der Waals surface area contributed by atoms with Crippen LogP contribution in [0, 0.1) is 0 Å². The summed E-state index contributed by atoms with van der Waals surface area (Å²) in [6.45, 7) is 8.89. The molecule has 0 heterocycles. The molecule has 0 saturated carbocycles. The van der Waals surface area contributed by atoms with Crippen molar-refractivity contribution in [1.82, 2.24) is 0 Å². The highest BCUT2D eigenvalue weighted by molar-refractivity contribution is 5.46. The van der Waals surface area contributed by atoms with Gasteiger partial charge < -0.3 is 0 Å². The van der Waals surface area contributed by atoms with E-state index in [1.54, 1.807) is 0 Å². The highest BCUT2D eigenvalue weighted by Crippen LogP contribution is 1.86. The van der Waals surface area contributed by atoms with Crippen molar-refractivity contribution in [2.75, 3.05) is 13.1 Å². The first kappa shape index (κ1) is 8.67. The average molecular weight is 128 g/mol. The normalized spacial score (nSPS) is 12.1. The molecule has 0 radical (unpaired) electrons. The number of nitrogens with zero attached hydrogens (tertiary/aromatic N) is 1. The van der Waals surface area contributed by atoms with Gasteiger partial charge in [-0.15, -0.1) is 0 Å². The van der Waals surface area contributed by atoms with Crippen LogP contribution in [-0.2, 0) is 0 Å². The van der Waals surface area contributed by atoms with Gasteiger partial charge in [0.2, 0.25) is 0 Å². The summed E-state index contributed by atoms with van der Waals surface area (Å²) in [4.78, 5) is 0. The van der Waals surface area contributed by atoms with Crippen LogP contribution in [0.5, 0.6) is 0 Å². The molecular formula is C8H18N+. The van der Waals surface area contributed by atoms with Crippen LogP contribution in [0.4, 0.5) is 0 Å². The molecule has 54 valence electrons. The smallest absolute Gasteiger partial charge is 0.142 e. The van der Waals surface area contributed by atoms with Crippen molar-refractivity contribution < 1.29 is 4.58 Å². The van der Waals surface area contributed by atoms with Crippen molar-refractivity contribution in [3.8, 4) is 0 Å². The Hall–Kier alpha value is -0.330. The molecule has 0 aromatic heterocycles. The van der Waals surface area contributed by atoms with E-state index in [1.807, 2.05) is 0 Å². The monoisotopic (exact) mass is 128 g/mol. The van der Waals surface area contributed by atoms with Gasteiger partial charge in [-0.2, -0.15) is 0 Å². The molecule has 1 heteroatoms. The van der Waals surface area contributed by atoms with Gasteiger partial charge in [0.15, 0.2) is 0 Å². The van der Waals surface area contributed by atoms with E-state index in [9.17, 15) is 0 Å². The van der Waals surface area contributed by atoms with Crippen molar-refractivity contribution in [2.45, 2.75) is 33.6 Å². The summed E-state index contributed by atoms with van der Waals surface area (Å²) < 4.78 is 2.34. The second-order valence-electron chi connectivity index (χ2n) is 2.24. The van der Waals surface area contributed by atoms with E-state index >= 15 is 0 Å². The zero-order valence-electron chi connectivity index (χ0n) is 6.85. The fourth-order valence-electron chi connectivity index (χ4n) is 0.831. The van der Waals surface area contributed by atoms with Gasteiger partial charge in [-0.1, -0.05) is 13.3 Å². The maximum Gasteiger partial charge on any atom is 0.142 e. The molecule has 1 nitrogen and oxygen atoms in total. The van der Waals surface area contributed by atoms with Gasteiger partial charge in [0.1, 0.15) is 19.3 Å². The average Bonchev–Trinajstić information content (AvgIpc) is 1.91. The molecule has 0 rings (SSSR count). The minimum Gasteiger partial charge on any atom is -0.240 e. The third-order valence-electron chi connectivity index (χ3n) is 1.57. The maximum atomic E-state index is 2.34. The van der Waals surface area contributed by atoms with Crippen molar-refractivity contribution in [3.05, 3.63) is 0 Å². The zero-order valence-corrected chi connectivity index (χ0v) is 6.85. The molecule has 0 amide bonds. The van der Waals surface area contributed by atoms with Crippen LogP contribution in [0.2, 0.25) is 0 Å². The van der Waals surface area contributed by atoms with Gasteiger partial charge in [0, 0.05) is 13.3 Å². The summed E-state index contributed by atoms with van der Waals surface area (Å²) >= 11 is 0. The Morgan fingerprint density at radius 1 is 1.33 bits per heavy atom. The Balaban J connectivity index is 3.33. The van der Waals surface area contributed by atoms with Crippen LogP contribution in [0.3, 0.4) is 0 Å². The first-order chi connectivity index (χ1) is 4.35. The van der Waals surface area contributed by atoms with Crippen LogP contribution in [0.15, 0.2) is 0 Å². The maximum absolute atomic E-state index is 2.34. The van der Waals surface area contributed by atoms with Crippen LogP contribution in [0.25, 0.3) is 0 Å². The third kappa shape index (κ3) is 4.19. The predicted molar refractivity (Wildman–Crippen MR) is 42.3 cm³/mol. The minimum absolute atomic E-state index is 1.15. The Morgan fingerprint density at radius 3 is 2.33 bits per heavy atom. The standard InChI is InChI=1S/C8H18N/c1-4-7-8-9(5-2)6-3/h5H,4,6-8H2,1-3H3/q+1. The molecule has 0 saturated heterocycles. The van der Waals surface area contributed by atoms with Crippen molar-refractivity contribution in [3.63, 3.8) is 0 Å². The molecule has 0 aliphatic heterocycles. The fraction of sp³-hybridized carbons (Fsp3) is 0.875. The molecule has 0 N–H and O–H groups in total. The lowest BCUT2D eigenvalue weighted by Gasteiger charge is -1.96. The van der Waals surface area contributed by atoms with Crippen LogP contribution < -0.4 is 0 Å². The lowest BCUT2D eigenvalue weighted by molar-refractivity contribution is -0.520. The Kier molecular flexibility index (Phi) is 5.59. The fourth-order valence-corrected chi connectivity index (χ4v) is 0.831. The summed E-state index contributed by atoms with van der Waals surface area (Å²) in [5.74, 6) is 0. The van der Waals surface area contributed by atoms with E-state index in [2.05, 4.69) is 31.6 Å². The minimum atomic E-state index is 1.15. The molecule has 0 spiro atoms. The van der Waals surface area contributed by atoms with E-state index in [-0.39, 0.29) is 0 Å². The van der Waals surface area contributed by atoms with Crippen LogP contribution in [-0.4, -0.2) is 23.9 Å². The highest BCUT2D eigenvalue weighted by Gasteiger charge is 1.94. The lowest BCUT2D eigenvalue weighted by atomic mass is 10.3. The van der Waals surface area contributed by atoms with Crippen molar-refractivity contribution in [1.29, 1.82) is 0 Å². The summed E-state index contributed by atoms with van der Waals surface area (Å²) in [5, 5.41) is 0. The largest absolute Gasteiger partial charge is 0.240 e. The SMILES string of the molecule is CC=[N+](CC)CCCC. The van der Waals surface area contributed by atoms with Gasteiger partial charge in [-0.25, -0.2) is 4.58 Å². The van der Waals surface area contributed by atoms with Crippen LogP contribution >= 0.6 is 0 Å². The number of unbranched alkanes of at least 4 members (excludes halogenated alkanes) is 1. The molecule has 0 unspecified atom stereocenters. The highest BCUT2D eigenvalue weighted by atomic mass is 15.0. The van der Waals surface area contributed by atoms with E-state index in [1.165, 1.54) is 19.4 Å². The quantitative estimate of drug-likeness (QED) is 0.402. The summed E-state index contributed by atoms with van der Waals surface area (Å²) in [5.41, 5.74) is 0. The van der Waals surface area contributed by atoms with E-state index in [0.29, 0.717) is 0 Å². The molecular weight excluding hydrogens is 110 g/mol. The zero-order chi connectivity index (χ0) is 7.11. The molecule has 0 bridgehead atoms. The molecule has 0 fully saturated rings. The van der Waals surface area contributed by atoms with Gasteiger partial charge in [0.05, 0.1) is 0 Å². The molecule has 0 atom stereocenters. The Bertz CT molecular complexity index is 84.6. The molecule has 0 aliphatic carbocycles. The van der Waals surface area contributed by atoms with Gasteiger partial charge in [-0.3, -0.25) is 0 Å². The lowest BCUT2D eigenvalue weighted by Crippen LogP contribution is -2.12. The number of rotatable bonds is 4. The second-order valence-corrected chi connectivity index (χ2v) is 2.24. The van der Waals surface area contributed by atoms with Crippen molar-refractivity contribution >= 4 is 6.21 Å². The number of hydrogen-bond donors (Lipinski definition) is 0. The topological polar surface area (TPSA) is 3.01 Å². The summed E-state index contributed by atoms with van der Waals surface area (Å²) in [7, 11) is 0. The summed E-state index contributed by atoms with van der Waals surface area (Å²) in [6.07, 6.45) is 4.78. The van der Waals surface area contributed by atoms with E-state index < -0.39 is 0 Å². The summed E-state index contributed by atoms with van der Waals surface area (Å²) in [6, 6.07) is 0. The molecule has 0 aliphatic rings. The van der Waals surface area contributed by atoms with Crippen molar-refractivity contribution in [2.24, 2.45) is 0 Å².